The number of piperidine rings is 1. The molecule has 2 nitrogen and oxygen atoms in total. The Morgan fingerprint density at radius 1 is 1.21 bits per heavy atom. The van der Waals surface area contributed by atoms with Gasteiger partial charge in [-0.3, -0.25) is 4.79 Å². The van der Waals surface area contributed by atoms with Crippen LogP contribution in [0.2, 0.25) is 0 Å². The van der Waals surface area contributed by atoms with Crippen LogP contribution >= 0.6 is 0 Å². The Hall–Kier alpha value is -1.31. The van der Waals surface area contributed by atoms with Gasteiger partial charge in [-0.15, -0.1) is 0 Å². The molecule has 0 spiro atoms. The molecule has 19 heavy (non-hydrogen) atoms. The zero-order chi connectivity index (χ0) is 13.2. The first kappa shape index (κ1) is 12.7. The maximum atomic E-state index is 12.1. The summed E-state index contributed by atoms with van der Waals surface area (Å²) in [6.45, 7) is 3.07. The largest absolute Gasteiger partial charge is 0.368 e. The minimum absolute atomic E-state index is 0.274. The Bertz CT molecular complexity index is 468. The topological polar surface area (TPSA) is 20.3 Å². The van der Waals surface area contributed by atoms with Crippen LogP contribution in [-0.2, 0) is 0 Å². The molecule has 1 saturated heterocycles. The molecule has 3 rings (SSSR count). The van der Waals surface area contributed by atoms with E-state index in [0.29, 0.717) is 12.5 Å². The number of hydrogen-bond donors (Lipinski definition) is 0. The molecule has 0 amide bonds. The lowest BCUT2D eigenvalue weighted by Gasteiger charge is -2.40. The molecule has 0 N–H and O–H groups in total. The number of fused-ring (bicyclic) bond motifs is 1. The number of carbonyl (C=O) groups excluding carboxylic acids is 1. The third kappa shape index (κ3) is 2.29. The third-order valence-electron chi connectivity index (χ3n) is 4.83. The van der Waals surface area contributed by atoms with Crippen LogP contribution in [0.15, 0.2) is 24.3 Å². The molecule has 102 valence electrons. The summed E-state index contributed by atoms with van der Waals surface area (Å²) in [6, 6.07) is 8.88. The van der Waals surface area contributed by atoms with E-state index in [1.807, 2.05) is 19.1 Å². The van der Waals surface area contributed by atoms with Crippen LogP contribution < -0.4 is 4.90 Å². The quantitative estimate of drug-likeness (QED) is 0.761. The average Bonchev–Trinajstić information content (AvgIpc) is 2.94. The number of nitrogens with zero attached hydrogens (tertiary/aromatic N) is 1. The first-order chi connectivity index (χ1) is 9.31. The summed E-state index contributed by atoms with van der Waals surface area (Å²) < 4.78 is 0. The van der Waals surface area contributed by atoms with Gasteiger partial charge in [0.05, 0.1) is 0 Å². The minimum Gasteiger partial charge on any atom is -0.368 e. The van der Waals surface area contributed by atoms with E-state index in [2.05, 4.69) is 17.0 Å². The van der Waals surface area contributed by atoms with Gasteiger partial charge in [0, 0.05) is 30.3 Å². The highest BCUT2D eigenvalue weighted by Gasteiger charge is 2.35. The summed E-state index contributed by atoms with van der Waals surface area (Å²) in [4.78, 5) is 14.7. The Labute approximate surface area is 115 Å². The van der Waals surface area contributed by atoms with Crippen molar-refractivity contribution in [2.45, 2.75) is 51.5 Å². The molecule has 1 aromatic rings. The third-order valence-corrected chi connectivity index (χ3v) is 4.83. The molecule has 0 aromatic heterocycles. The Morgan fingerprint density at radius 2 is 2.00 bits per heavy atom. The minimum atomic E-state index is 0.274. The molecule has 1 aromatic carbocycles. The van der Waals surface area contributed by atoms with E-state index in [-0.39, 0.29) is 5.78 Å². The van der Waals surface area contributed by atoms with Crippen molar-refractivity contribution >= 4 is 11.5 Å². The lowest BCUT2D eigenvalue weighted by Crippen LogP contribution is -2.43. The van der Waals surface area contributed by atoms with Gasteiger partial charge >= 0.3 is 0 Å². The SMILES string of the molecule is CCC(=O)c1ccccc1N1CCCC2CCCC21. The van der Waals surface area contributed by atoms with Gasteiger partial charge in [-0.05, 0) is 43.7 Å². The molecule has 0 radical (unpaired) electrons. The van der Waals surface area contributed by atoms with Crippen molar-refractivity contribution in [2.24, 2.45) is 5.92 Å². The Kier molecular flexibility index (Phi) is 3.58. The second-order valence-corrected chi connectivity index (χ2v) is 5.89. The maximum Gasteiger partial charge on any atom is 0.164 e. The van der Waals surface area contributed by atoms with Crippen molar-refractivity contribution in [3.8, 4) is 0 Å². The monoisotopic (exact) mass is 257 g/mol. The van der Waals surface area contributed by atoms with Gasteiger partial charge in [-0.2, -0.15) is 0 Å². The first-order valence-electron chi connectivity index (χ1n) is 7.70. The molecule has 2 unspecified atom stereocenters. The lowest BCUT2D eigenvalue weighted by molar-refractivity contribution is 0.0988. The van der Waals surface area contributed by atoms with Gasteiger partial charge in [-0.25, -0.2) is 0 Å². The molecule has 1 aliphatic heterocycles. The van der Waals surface area contributed by atoms with Crippen LogP contribution in [0.1, 0.15) is 55.8 Å². The predicted molar refractivity (Wildman–Crippen MR) is 78.8 cm³/mol. The van der Waals surface area contributed by atoms with E-state index in [9.17, 15) is 4.79 Å². The summed E-state index contributed by atoms with van der Waals surface area (Å²) in [5.41, 5.74) is 2.11. The first-order valence-corrected chi connectivity index (χ1v) is 7.70. The smallest absolute Gasteiger partial charge is 0.164 e. The number of benzene rings is 1. The number of hydrogen-bond acceptors (Lipinski definition) is 2. The van der Waals surface area contributed by atoms with E-state index in [0.717, 1.165) is 18.0 Å². The number of carbonyl (C=O) groups is 1. The van der Waals surface area contributed by atoms with Gasteiger partial charge in [-0.1, -0.05) is 25.5 Å². The maximum absolute atomic E-state index is 12.1. The molecule has 1 saturated carbocycles. The van der Waals surface area contributed by atoms with Crippen LogP contribution in [0.4, 0.5) is 5.69 Å². The number of para-hydroxylation sites is 1. The Balaban J connectivity index is 1.94. The number of Topliss-reactive ketones (excluding diaryl/α,β-unsaturated/α-hetero) is 1. The van der Waals surface area contributed by atoms with Crippen LogP contribution in [0.25, 0.3) is 0 Å². The van der Waals surface area contributed by atoms with Crippen LogP contribution in [0.3, 0.4) is 0 Å². The molecular weight excluding hydrogens is 234 g/mol. The highest BCUT2D eigenvalue weighted by atomic mass is 16.1. The number of rotatable bonds is 3. The molecule has 2 atom stereocenters. The van der Waals surface area contributed by atoms with E-state index in [1.54, 1.807) is 0 Å². The molecule has 1 aliphatic carbocycles. The Morgan fingerprint density at radius 3 is 2.84 bits per heavy atom. The fourth-order valence-electron chi connectivity index (χ4n) is 3.90. The fraction of sp³-hybridized carbons (Fsp3) is 0.588. The van der Waals surface area contributed by atoms with E-state index in [4.69, 9.17) is 0 Å². The van der Waals surface area contributed by atoms with Crippen LogP contribution in [0.5, 0.6) is 0 Å². The van der Waals surface area contributed by atoms with Crippen molar-refractivity contribution in [1.82, 2.24) is 0 Å². The highest BCUT2D eigenvalue weighted by molar-refractivity contribution is 6.01. The standard InChI is InChI=1S/C17H23NO/c1-2-17(19)14-9-3-4-10-16(14)18-12-6-8-13-7-5-11-15(13)18/h3-4,9-10,13,15H,2,5-8,11-12H2,1H3. The lowest BCUT2D eigenvalue weighted by atomic mass is 9.90. The molecule has 0 bridgehead atoms. The molecule has 2 aliphatic rings. The summed E-state index contributed by atoms with van der Waals surface area (Å²) in [5.74, 6) is 1.13. The van der Waals surface area contributed by atoms with Crippen LogP contribution in [-0.4, -0.2) is 18.4 Å². The van der Waals surface area contributed by atoms with Crippen molar-refractivity contribution in [3.63, 3.8) is 0 Å². The van der Waals surface area contributed by atoms with Crippen molar-refractivity contribution in [2.75, 3.05) is 11.4 Å². The number of anilines is 1. The van der Waals surface area contributed by atoms with Gasteiger partial charge in [0.2, 0.25) is 0 Å². The average molecular weight is 257 g/mol. The van der Waals surface area contributed by atoms with Gasteiger partial charge < -0.3 is 4.90 Å². The van der Waals surface area contributed by atoms with E-state index < -0.39 is 0 Å². The second-order valence-electron chi connectivity index (χ2n) is 5.89. The second kappa shape index (κ2) is 5.36. The van der Waals surface area contributed by atoms with Crippen molar-refractivity contribution in [1.29, 1.82) is 0 Å². The molecule has 2 fully saturated rings. The van der Waals surface area contributed by atoms with E-state index >= 15 is 0 Å². The fourth-order valence-corrected chi connectivity index (χ4v) is 3.90. The van der Waals surface area contributed by atoms with Gasteiger partial charge in [0.15, 0.2) is 5.78 Å². The summed E-state index contributed by atoms with van der Waals surface area (Å²) in [6.07, 6.45) is 7.29. The van der Waals surface area contributed by atoms with Gasteiger partial charge in [0.1, 0.15) is 0 Å². The van der Waals surface area contributed by atoms with Crippen LogP contribution in [0, 0.1) is 5.92 Å². The zero-order valence-corrected chi connectivity index (χ0v) is 11.8. The summed E-state index contributed by atoms with van der Waals surface area (Å²) >= 11 is 0. The molecule has 1 heterocycles. The highest BCUT2D eigenvalue weighted by Crippen LogP contribution is 2.40. The summed E-state index contributed by atoms with van der Waals surface area (Å²) in [5, 5.41) is 0. The normalized spacial score (nSPS) is 26.3. The molecular formula is C17H23NO. The van der Waals surface area contributed by atoms with E-state index in [1.165, 1.54) is 37.8 Å². The van der Waals surface area contributed by atoms with Crippen molar-refractivity contribution in [3.05, 3.63) is 29.8 Å². The van der Waals surface area contributed by atoms with Crippen molar-refractivity contribution < 1.29 is 4.79 Å². The van der Waals surface area contributed by atoms with Gasteiger partial charge in [0.25, 0.3) is 0 Å². The number of ketones is 1. The summed E-state index contributed by atoms with van der Waals surface area (Å²) in [7, 11) is 0. The predicted octanol–water partition coefficient (Wildman–Crippen LogP) is 4.05. The zero-order valence-electron chi connectivity index (χ0n) is 11.8. The molecule has 2 heteroatoms.